The van der Waals surface area contributed by atoms with E-state index in [1.807, 2.05) is 0 Å². The summed E-state index contributed by atoms with van der Waals surface area (Å²) in [5, 5.41) is 9.93. The number of carbonyl (C=O) groups is 1. The second kappa shape index (κ2) is 5.90. The zero-order valence-corrected chi connectivity index (χ0v) is 12.4. The number of aromatic carboxylic acids is 1. The number of hydrogen-bond donors (Lipinski definition) is 1. The summed E-state index contributed by atoms with van der Waals surface area (Å²) in [6.45, 7) is 0. The zero-order valence-electron chi connectivity index (χ0n) is 9.23. The summed E-state index contributed by atoms with van der Waals surface area (Å²) in [6, 6.07) is 6.05. The van der Waals surface area contributed by atoms with Gasteiger partial charge in [-0.1, -0.05) is 23.4 Å². The van der Waals surface area contributed by atoms with E-state index >= 15 is 0 Å². The van der Waals surface area contributed by atoms with E-state index in [0.717, 1.165) is 11.8 Å². The number of carboxylic acid groups (broad SMARTS) is 1. The van der Waals surface area contributed by atoms with Gasteiger partial charge in [-0.05, 0) is 40.2 Å². The van der Waals surface area contributed by atoms with Gasteiger partial charge in [-0.3, -0.25) is 0 Å². The number of pyridine rings is 1. The van der Waals surface area contributed by atoms with Crippen LogP contribution in [0.2, 0.25) is 5.02 Å². The largest absolute Gasteiger partial charge is 0.478 e. The molecule has 2 rings (SSSR count). The predicted molar refractivity (Wildman–Crippen MR) is 74.4 cm³/mol. The first-order valence-electron chi connectivity index (χ1n) is 4.99. The Morgan fingerprint density at radius 1 is 1.37 bits per heavy atom. The maximum atomic E-state index is 14.0. The number of halogens is 3. The summed E-state index contributed by atoms with van der Waals surface area (Å²) in [5.74, 6) is -1.81. The molecule has 0 aliphatic heterocycles. The van der Waals surface area contributed by atoms with Crippen LogP contribution >= 0.6 is 39.3 Å². The highest BCUT2D eigenvalue weighted by molar-refractivity contribution is 9.10. The summed E-state index contributed by atoms with van der Waals surface area (Å²) in [5.41, 5.74) is -0.120. The van der Waals surface area contributed by atoms with Crippen LogP contribution in [0.3, 0.4) is 0 Å². The minimum atomic E-state index is -1.19. The molecule has 19 heavy (non-hydrogen) atoms. The Morgan fingerprint density at radius 3 is 2.68 bits per heavy atom. The fourth-order valence-corrected chi connectivity index (χ4v) is 2.86. The molecule has 0 amide bonds. The van der Waals surface area contributed by atoms with Crippen LogP contribution in [-0.2, 0) is 0 Å². The maximum Gasteiger partial charge on any atom is 0.336 e. The van der Waals surface area contributed by atoms with Gasteiger partial charge in [0.15, 0.2) is 5.82 Å². The third kappa shape index (κ3) is 3.26. The number of aromatic nitrogens is 1. The molecule has 3 nitrogen and oxygen atoms in total. The molecule has 1 aromatic heterocycles. The molecule has 0 unspecified atom stereocenters. The molecule has 0 saturated heterocycles. The van der Waals surface area contributed by atoms with Gasteiger partial charge in [0.05, 0.1) is 20.0 Å². The van der Waals surface area contributed by atoms with E-state index in [4.69, 9.17) is 16.7 Å². The van der Waals surface area contributed by atoms with Crippen molar-refractivity contribution in [3.05, 3.63) is 51.3 Å². The molecule has 2 aromatic rings. The standard InChI is InChI=1S/C12H6BrClFNO2S/c13-10-7(12(17)18)2-3-8(11(10)15)19-9-4-1-6(14)5-16-9/h1-5H,(H,17,18). The Morgan fingerprint density at radius 2 is 2.11 bits per heavy atom. The monoisotopic (exact) mass is 361 g/mol. The topological polar surface area (TPSA) is 50.2 Å². The lowest BCUT2D eigenvalue weighted by Crippen LogP contribution is -2.00. The highest BCUT2D eigenvalue weighted by atomic mass is 79.9. The Bertz CT molecular complexity index is 636. The zero-order chi connectivity index (χ0) is 14.0. The first-order chi connectivity index (χ1) is 8.99. The van der Waals surface area contributed by atoms with Crippen molar-refractivity contribution in [2.45, 2.75) is 9.92 Å². The van der Waals surface area contributed by atoms with Gasteiger partial charge in [0, 0.05) is 6.20 Å². The predicted octanol–water partition coefficient (Wildman–Crippen LogP) is 4.49. The normalized spacial score (nSPS) is 10.5. The summed E-state index contributed by atoms with van der Waals surface area (Å²) in [6.07, 6.45) is 1.46. The Labute approximate surface area is 125 Å². The van der Waals surface area contributed by atoms with Crippen molar-refractivity contribution < 1.29 is 14.3 Å². The third-order valence-corrected chi connectivity index (χ3v) is 4.18. The van der Waals surface area contributed by atoms with E-state index in [9.17, 15) is 9.18 Å². The van der Waals surface area contributed by atoms with Crippen LogP contribution in [0.25, 0.3) is 0 Å². The van der Waals surface area contributed by atoms with Gasteiger partial charge in [0.1, 0.15) is 5.03 Å². The van der Waals surface area contributed by atoms with Crippen LogP contribution in [-0.4, -0.2) is 16.1 Å². The summed E-state index contributed by atoms with van der Waals surface area (Å²) < 4.78 is 13.9. The molecular weight excluding hydrogens is 357 g/mol. The van der Waals surface area contributed by atoms with Crippen LogP contribution < -0.4 is 0 Å². The number of hydrogen-bond acceptors (Lipinski definition) is 3. The molecule has 0 spiro atoms. The number of benzene rings is 1. The van der Waals surface area contributed by atoms with E-state index in [0.29, 0.717) is 10.0 Å². The molecule has 1 heterocycles. The molecule has 0 aliphatic carbocycles. The Kier molecular flexibility index (Phi) is 4.44. The molecule has 1 aromatic carbocycles. The van der Waals surface area contributed by atoms with Crippen molar-refractivity contribution in [2.75, 3.05) is 0 Å². The molecule has 0 bridgehead atoms. The quantitative estimate of drug-likeness (QED) is 0.874. The number of nitrogens with zero attached hydrogens (tertiary/aromatic N) is 1. The van der Waals surface area contributed by atoms with Gasteiger partial charge in [-0.25, -0.2) is 14.2 Å². The lowest BCUT2D eigenvalue weighted by atomic mass is 10.2. The molecular formula is C12H6BrClFNO2S. The molecule has 1 N–H and O–H groups in total. The molecule has 0 atom stereocenters. The van der Waals surface area contributed by atoms with Gasteiger partial charge >= 0.3 is 5.97 Å². The van der Waals surface area contributed by atoms with Gasteiger partial charge in [0.2, 0.25) is 0 Å². The Balaban J connectivity index is 2.34. The lowest BCUT2D eigenvalue weighted by Gasteiger charge is -2.06. The highest BCUT2D eigenvalue weighted by Gasteiger charge is 2.16. The first kappa shape index (κ1) is 14.3. The Hall–Kier alpha value is -1.11. The first-order valence-corrected chi connectivity index (χ1v) is 6.98. The van der Waals surface area contributed by atoms with Crippen LogP contribution in [0.4, 0.5) is 4.39 Å². The molecule has 0 saturated carbocycles. The van der Waals surface area contributed by atoms with Crippen LogP contribution in [0.15, 0.2) is 44.9 Å². The van der Waals surface area contributed by atoms with E-state index < -0.39 is 11.8 Å². The second-order valence-corrected chi connectivity index (χ2v) is 5.75. The minimum absolute atomic E-state index is 0.0704. The number of carboxylic acids is 1. The van der Waals surface area contributed by atoms with Crippen LogP contribution in [0, 0.1) is 5.82 Å². The average molecular weight is 363 g/mol. The summed E-state index contributed by atoms with van der Waals surface area (Å²) >= 11 is 9.74. The van der Waals surface area contributed by atoms with Gasteiger partial charge < -0.3 is 5.11 Å². The molecule has 0 aliphatic rings. The van der Waals surface area contributed by atoms with Crippen molar-refractivity contribution in [3.63, 3.8) is 0 Å². The molecule has 98 valence electrons. The van der Waals surface area contributed by atoms with Crippen LogP contribution in [0.5, 0.6) is 0 Å². The fraction of sp³-hybridized carbons (Fsp3) is 0. The average Bonchev–Trinajstić information content (AvgIpc) is 2.37. The number of rotatable bonds is 3. The van der Waals surface area contributed by atoms with Gasteiger partial charge in [-0.2, -0.15) is 0 Å². The van der Waals surface area contributed by atoms with Gasteiger partial charge in [-0.15, -0.1) is 0 Å². The van der Waals surface area contributed by atoms with Crippen molar-refractivity contribution in [2.24, 2.45) is 0 Å². The smallest absolute Gasteiger partial charge is 0.336 e. The van der Waals surface area contributed by atoms with Crippen molar-refractivity contribution in [1.82, 2.24) is 4.98 Å². The van der Waals surface area contributed by atoms with Crippen molar-refractivity contribution in [1.29, 1.82) is 0 Å². The van der Waals surface area contributed by atoms with Crippen LogP contribution in [0.1, 0.15) is 10.4 Å². The minimum Gasteiger partial charge on any atom is -0.478 e. The summed E-state index contributed by atoms with van der Waals surface area (Å²) in [7, 11) is 0. The van der Waals surface area contributed by atoms with Crippen molar-refractivity contribution in [3.8, 4) is 0 Å². The van der Waals surface area contributed by atoms with E-state index in [1.165, 1.54) is 18.3 Å². The fourth-order valence-electron chi connectivity index (χ4n) is 1.31. The maximum absolute atomic E-state index is 14.0. The van der Waals surface area contributed by atoms with E-state index in [2.05, 4.69) is 20.9 Å². The SMILES string of the molecule is O=C(O)c1ccc(Sc2ccc(Cl)cn2)c(F)c1Br. The second-order valence-electron chi connectivity index (χ2n) is 3.46. The third-order valence-electron chi connectivity index (χ3n) is 2.19. The van der Waals surface area contributed by atoms with E-state index in [-0.39, 0.29) is 14.9 Å². The summed E-state index contributed by atoms with van der Waals surface area (Å²) in [4.78, 5) is 15.2. The molecule has 0 fully saturated rings. The lowest BCUT2D eigenvalue weighted by molar-refractivity contribution is 0.0695. The highest BCUT2D eigenvalue weighted by Crippen LogP contribution is 2.33. The molecule has 7 heteroatoms. The van der Waals surface area contributed by atoms with E-state index in [1.54, 1.807) is 12.1 Å². The molecule has 0 radical (unpaired) electrons. The van der Waals surface area contributed by atoms with Gasteiger partial charge in [0.25, 0.3) is 0 Å². The van der Waals surface area contributed by atoms with Crippen molar-refractivity contribution >= 4 is 45.3 Å².